The molecule has 8 nitrogen and oxygen atoms in total. The number of para-hydroxylation sites is 1. The Bertz CT molecular complexity index is 980. The summed E-state index contributed by atoms with van der Waals surface area (Å²) < 4.78 is 0. The molecule has 3 aromatic rings. The average Bonchev–Trinajstić information content (AvgIpc) is 3.13. The lowest BCUT2D eigenvalue weighted by Gasteiger charge is -2.29. The molecule has 4 rings (SSSR count). The molecule has 0 amide bonds. The lowest BCUT2D eigenvalue weighted by Crippen LogP contribution is -2.43. The van der Waals surface area contributed by atoms with Gasteiger partial charge in [0.2, 0.25) is 5.95 Å². The third kappa shape index (κ3) is 4.12. The number of nitrogens with zero attached hydrogens (tertiary/aromatic N) is 3. The van der Waals surface area contributed by atoms with Crippen molar-refractivity contribution in [1.29, 1.82) is 0 Å². The number of H-pyrrole nitrogens is 1. The maximum atomic E-state index is 6.32. The molecule has 1 saturated carbocycles. The third-order valence-corrected chi connectivity index (χ3v) is 5.64. The largest absolute Gasteiger partial charge is 0.398 e. The van der Waals surface area contributed by atoms with Crippen molar-refractivity contribution in [1.82, 2.24) is 20.2 Å². The topological polar surface area (TPSA) is 131 Å². The normalized spacial score (nSPS) is 19.6. The van der Waals surface area contributed by atoms with Gasteiger partial charge in [0.1, 0.15) is 5.52 Å². The van der Waals surface area contributed by atoms with E-state index in [-0.39, 0.29) is 18.0 Å². The van der Waals surface area contributed by atoms with Crippen LogP contribution in [0.15, 0.2) is 24.3 Å². The quantitative estimate of drug-likeness (QED) is 0.405. The highest BCUT2D eigenvalue weighted by Crippen LogP contribution is 2.28. The maximum Gasteiger partial charge on any atom is 0.225 e. The van der Waals surface area contributed by atoms with Crippen LogP contribution in [0.1, 0.15) is 56.7 Å². The summed E-state index contributed by atoms with van der Waals surface area (Å²) in [5, 5.41) is 14.5. The fourth-order valence-electron chi connectivity index (χ4n) is 3.89. The average molecular weight is 395 g/mol. The Kier molecular flexibility index (Phi) is 5.53. The molecular weight excluding hydrogens is 364 g/mol. The predicted molar refractivity (Wildman–Crippen MR) is 118 cm³/mol. The number of hydrogen-bond acceptors (Lipinski definition) is 7. The first-order valence-corrected chi connectivity index (χ1v) is 10.4. The number of nitrogens with two attached hydrogens (primary N) is 2. The molecule has 0 bridgehead atoms. The number of fused-ring (bicyclic) bond motifs is 1. The van der Waals surface area contributed by atoms with Gasteiger partial charge in [-0.2, -0.15) is 10.1 Å². The number of aromatic nitrogens is 4. The second kappa shape index (κ2) is 8.24. The van der Waals surface area contributed by atoms with Crippen LogP contribution in [0.25, 0.3) is 11.0 Å². The molecule has 8 heteroatoms. The maximum absolute atomic E-state index is 6.32. The zero-order valence-electron chi connectivity index (χ0n) is 17.1. The summed E-state index contributed by atoms with van der Waals surface area (Å²) in [5.74, 6) is 1.55. The van der Waals surface area contributed by atoms with E-state index in [2.05, 4.69) is 34.7 Å². The molecule has 2 aromatic heterocycles. The molecule has 0 spiro atoms. The minimum Gasteiger partial charge on any atom is -0.398 e. The fourth-order valence-corrected chi connectivity index (χ4v) is 3.89. The second-order valence-corrected chi connectivity index (χ2v) is 8.14. The van der Waals surface area contributed by atoms with Crippen LogP contribution >= 0.6 is 0 Å². The molecular formula is C21H30N8. The van der Waals surface area contributed by atoms with Crippen LogP contribution in [-0.2, 0) is 6.54 Å². The zero-order valence-corrected chi connectivity index (χ0v) is 17.1. The molecule has 1 aliphatic rings. The fraction of sp³-hybridized carbons (Fsp3) is 0.476. The van der Waals surface area contributed by atoms with Crippen molar-refractivity contribution in [3.63, 3.8) is 0 Å². The van der Waals surface area contributed by atoms with Gasteiger partial charge in [0.25, 0.3) is 0 Å². The van der Waals surface area contributed by atoms with E-state index in [1.54, 1.807) is 0 Å². The van der Waals surface area contributed by atoms with E-state index in [0.29, 0.717) is 18.3 Å². The van der Waals surface area contributed by atoms with Crippen molar-refractivity contribution >= 4 is 28.5 Å². The van der Waals surface area contributed by atoms with E-state index < -0.39 is 0 Å². The van der Waals surface area contributed by atoms with Crippen LogP contribution in [-0.4, -0.2) is 32.2 Å². The van der Waals surface area contributed by atoms with Crippen molar-refractivity contribution < 1.29 is 0 Å². The van der Waals surface area contributed by atoms with Crippen molar-refractivity contribution in [2.45, 2.75) is 64.1 Å². The Hall–Kier alpha value is -2.87. The second-order valence-electron chi connectivity index (χ2n) is 8.14. The van der Waals surface area contributed by atoms with Gasteiger partial charge in [-0.25, -0.2) is 4.98 Å². The van der Waals surface area contributed by atoms with E-state index >= 15 is 0 Å². The lowest BCUT2D eigenvalue weighted by atomic mass is 9.91. The molecule has 1 aromatic carbocycles. The smallest absolute Gasteiger partial charge is 0.225 e. The monoisotopic (exact) mass is 394 g/mol. The van der Waals surface area contributed by atoms with Crippen molar-refractivity contribution in [2.24, 2.45) is 5.73 Å². The highest BCUT2D eigenvalue weighted by atomic mass is 15.2. The number of nitrogen functional groups attached to an aromatic ring is 1. The summed E-state index contributed by atoms with van der Waals surface area (Å²) >= 11 is 0. The van der Waals surface area contributed by atoms with Gasteiger partial charge in [0.05, 0.1) is 5.69 Å². The summed E-state index contributed by atoms with van der Waals surface area (Å²) in [7, 11) is 0. The molecule has 0 aliphatic heterocycles. The Morgan fingerprint density at radius 1 is 1.14 bits per heavy atom. The molecule has 29 heavy (non-hydrogen) atoms. The highest BCUT2D eigenvalue weighted by Gasteiger charge is 2.24. The third-order valence-electron chi connectivity index (χ3n) is 5.64. The summed E-state index contributed by atoms with van der Waals surface area (Å²) in [6.45, 7) is 4.80. The van der Waals surface area contributed by atoms with E-state index in [0.717, 1.165) is 40.8 Å². The Morgan fingerprint density at radius 3 is 2.69 bits per heavy atom. The molecule has 1 aliphatic carbocycles. The van der Waals surface area contributed by atoms with E-state index in [9.17, 15) is 0 Å². The van der Waals surface area contributed by atoms with Crippen LogP contribution in [0.5, 0.6) is 0 Å². The molecule has 0 saturated heterocycles. The minimum absolute atomic E-state index is 0.123. The first-order valence-electron chi connectivity index (χ1n) is 10.4. The van der Waals surface area contributed by atoms with E-state index in [1.165, 1.54) is 12.8 Å². The summed E-state index contributed by atoms with van der Waals surface area (Å²) in [5.41, 5.74) is 16.8. The summed E-state index contributed by atoms with van der Waals surface area (Å²) in [6.07, 6.45) is 4.42. The number of hydrogen-bond donors (Lipinski definition) is 5. The van der Waals surface area contributed by atoms with Crippen LogP contribution in [0.4, 0.5) is 17.5 Å². The van der Waals surface area contributed by atoms with Gasteiger partial charge in [-0.15, -0.1) is 0 Å². The van der Waals surface area contributed by atoms with Crippen molar-refractivity contribution in [3.05, 3.63) is 35.5 Å². The summed E-state index contributed by atoms with van der Waals surface area (Å²) in [6, 6.07) is 8.12. The SMILES string of the molecule is CC(C)c1[nH]nc2c(NCc3ccccc3N)nc(NC3CCCCC3N)nc12. The number of aromatic amines is 1. The molecule has 2 unspecified atom stereocenters. The van der Waals surface area contributed by atoms with Crippen LogP contribution in [0.3, 0.4) is 0 Å². The van der Waals surface area contributed by atoms with E-state index in [4.69, 9.17) is 21.4 Å². The van der Waals surface area contributed by atoms with Gasteiger partial charge in [0, 0.05) is 24.3 Å². The van der Waals surface area contributed by atoms with Gasteiger partial charge in [-0.05, 0) is 30.4 Å². The Morgan fingerprint density at radius 2 is 1.93 bits per heavy atom. The van der Waals surface area contributed by atoms with Crippen LogP contribution in [0.2, 0.25) is 0 Å². The molecule has 2 atom stereocenters. The van der Waals surface area contributed by atoms with Gasteiger partial charge in [0.15, 0.2) is 11.3 Å². The first-order chi connectivity index (χ1) is 14.0. The standard InChI is InChI=1S/C21H30N8/c1-12(2)17-18-19(29-28-17)20(24-11-13-7-3-4-8-14(13)22)27-21(26-18)25-16-10-6-5-9-15(16)23/h3-4,7-8,12,15-16H,5-6,9-11,22-23H2,1-2H3,(H,28,29)(H2,24,25,26,27). The van der Waals surface area contributed by atoms with Crippen molar-refractivity contribution in [3.8, 4) is 0 Å². The number of nitrogens with one attached hydrogen (secondary N) is 3. The zero-order chi connectivity index (χ0) is 20.4. The Labute approximate surface area is 170 Å². The first kappa shape index (κ1) is 19.4. The number of rotatable bonds is 6. The lowest BCUT2D eigenvalue weighted by molar-refractivity contribution is 0.402. The predicted octanol–water partition coefficient (Wildman–Crippen LogP) is 3.35. The molecule has 2 heterocycles. The van der Waals surface area contributed by atoms with Crippen LogP contribution < -0.4 is 22.1 Å². The van der Waals surface area contributed by atoms with E-state index in [1.807, 2.05) is 24.3 Å². The number of anilines is 3. The summed E-state index contributed by atoms with van der Waals surface area (Å²) in [4.78, 5) is 9.52. The van der Waals surface area contributed by atoms with Crippen LogP contribution in [0, 0.1) is 0 Å². The van der Waals surface area contributed by atoms with Gasteiger partial charge >= 0.3 is 0 Å². The van der Waals surface area contributed by atoms with Gasteiger partial charge in [-0.1, -0.05) is 44.9 Å². The van der Waals surface area contributed by atoms with Crippen molar-refractivity contribution in [2.75, 3.05) is 16.4 Å². The molecule has 0 radical (unpaired) electrons. The molecule has 7 N–H and O–H groups in total. The van der Waals surface area contributed by atoms with Gasteiger partial charge in [-0.3, -0.25) is 5.10 Å². The molecule has 154 valence electrons. The Balaban J connectivity index is 1.66. The minimum atomic E-state index is 0.123. The number of benzene rings is 1. The highest BCUT2D eigenvalue weighted by molar-refractivity contribution is 5.88. The van der Waals surface area contributed by atoms with Gasteiger partial charge < -0.3 is 22.1 Å². The molecule has 1 fully saturated rings.